The lowest BCUT2D eigenvalue weighted by Crippen LogP contribution is -2.26. The highest BCUT2D eigenvalue weighted by molar-refractivity contribution is 6.04. The van der Waals surface area contributed by atoms with Crippen LogP contribution in [0.2, 0.25) is 0 Å². The first kappa shape index (κ1) is 31.4. The van der Waals surface area contributed by atoms with Crippen molar-refractivity contribution >= 4 is 17.3 Å². The number of alkyl halides is 3. The van der Waals surface area contributed by atoms with Crippen molar-refractivity contribution < 1.29 is 22.7 Å². The fraction of sp³-hybridized carbons (Fsp3) is 0.312. The highest BCUT2D eigenvalue weighted by atomic mass is 19.4. The van der Waals surface area contributed by atoms with E-state index in [1.165, 1.54) is 12.1 Å². The summed E-state index contributed by atoms with van der Waals surface area (Å²) in [6.07, 6.45) is 0.0745. The van der Waals surface area contributed by atoms with Crippen LogP contribution in [0.4, 0.5) is 24.5 Å². The fourth-order valence-electron chi connectivity index (χ4n) is 4.52. The zero-order valence-electron chi connectivity index (χ0n) is 24.9. The van der Waals surface area contributed by atoms with E-state index in [-0.39, 0.29) is 11.3 Å². The number of benzene rings is 2. The largest absolute Gasteiger partial charge is 0.438 e. The van der Waals surface area contributed by atoms with Crippen molar-refractivity contribution in [1.29, 1.82) is 0 Å². The van der Waals surface area contributed by atoms with E-state index in [4.69, 9.17) is 4.74 Å². The van der Waals surface area contributed by atoms with Crippen molar-refractivity contribution in [3.63, 3.8) is 0 Å². The fourth-order valence-corrected chi connectivity index (χ4v) is 4.52. The Morgan fingerprint density at radius 1 is 0.977 bits per heavy atom. The lowest BCUT2D eigenvalue weighted by Gasteiger charge is -2.24. The summed E-state index contributed by atoms with van der Waals surface area (Å²) in [5, 5.41) is 2.70. The van der Waals surface area contributed by atoms with Crippen LogP contribution in [0.1, 0.15) is 40.7 Å². The van der Waals surface area contributed by atoms with Crippen molar-refractivity contribution in [2.75, 3.05) is 44.4 Å². The number of amides is 1. The van der Waals surface area contributed by atoms with Crippen LogP contribution < -0.4 is 15.0 Å². The molecular formula is C32H35F3N6O2. The van der Waals surface area contributed by atoms with E-state index < -0.39 is 17.6 Å². The van der Waals surface area contributed by atoms with Gasteiger partial charge in [-0.1, -0.05) is 6.92 Å². The van der Waals surface area contributed by atoms with Gasteiger partial charge in [0.25, 0.3) is 5.91 Å². The molecule has 0 fully saturated rings. The second kappa shape index (κ2) is 13.6. The van der Waals surface area contributed by atoms with Crippen LogP contribution in [0.15, 0.2) is 67.0 Å². The maximum absolute atomic E-state index is 14.0. The molecule has 0 aliphatic rings. The Bertz CT molecular complexity index is 1580. The van der Waals surface area contributed by atoms with Gasteiger partial charge in [0.15, 0.2) is 0 Å². The maximum atomic E-state index is 14.0. The molecule has 4 aromatic rings. The molecule has 1 N–H and O–H groups in total. The first-order chi connectivity index (χ1) is 20.5. The molecular weight excluding hydrogens is 557 g/mol. The molecule has 0 aliphatic heterocycles. The normalized spacial score (nSPS) is 11.5. The standard InChI is InChI=1S/C32H35F3N6O2/c1-6-29-36-16-14-26(39-29)24-9-7-15-37-31(24)43-28-13-11-23(19-21(28)2)38-30(42)22-10-12-27(25(20-22)32(33,34)35)41(5)18-8-17-40(3)4/h7,9-16,19-20H,6,8,17-18H2,1-5H3,(H,38,42). The molecule has 0 bridgehead atoms. The van der Waals surface area contributed by atoms with Gasteiger partial charge >= 0.3 is 6.18 Å². The van der Waals surface area contributed by atoms with Gasteiger partial charge < -0.3 is 19.9 Å². The molecule has 0 saturated heterocycles. The molecule has 0 unspecified atom stereocenters. The first-order valence-electron chi connectivity index (χ1n) is 13.9. The number of pyridine rings is 1. The average molecular weight is 593 g/mol. The molecule has 0 radical (unpaired) electrons. The van der Waals surface area contributed by atoms with Crippen LogP contribution in [0.25, 0.3) is 11.3 Å². The van der Waals surface area contributed by atoms with Crippen molar-refractivity contribution in [1.82, 2.24) is 19.9 Å². The van der Waals surface area contributed by atoms with Gasteiger partial charge in [-0.3, -0.25) is 4.79 Å². The molecule has 226 valence electrons. The number of rotatable bonds is 11. The van der Waals surface area contributed by atoms with E-state index in [2.05, 4.69) is 20.3 Å². The molecule has 0 atom stereocenters. The second-order valence-corrected chi connectivity index (χ2v) is 10.4. The van der Waals surface area contributed by atoms with Crippen LogP contribution in [0.3, 0.4) is 0 Å². The summed E-state index contributed by atoms with van der Waals surface area (Å²) in [7, 11) is 5.45. The number of nitrogens with one attached hydrogen (secondary N) is 1. The number of carbonyl (C=O) groups is 1. The van der Waals surface area contributed by atoms with E-state index in [0.29, 0.717) is 59.3 Å². The maximum Gasteiger partial charge on any atom is 0.418 e. The van der Waals surface area contributed by atoms with E-state index in [0.717, 1.165) is 12.6 Å². The van der Waals surface area contributed by atoms with E-state index in [1.807, 2.05) is 32.0 Å². The number of ether oxygens (including phenoxy) is 1. The number of carbonyl (C=O) groups excluding carboxylic acids is 1. The Morgan fingerprint density at radius 2 is 1.77 bits per heavy atom. The van der Waals surface area contributed by atoms with Gasteiger partial charge in [0.2, 0.25) is 5.88 Å². The summed E-state index contributed by atoms with van der Waals surface area (Å²) in [5.74, 6) is 0.911. The third kappa shape index (κ3) is 8.07. The molecule has 0 saturated carbocycles. The van der Waals surface area contributed by atoms with E-state index in [1.54, 1.807) is 61.6 Å². The number of hydrogen-bond donors (Lipinski definition) is 1. The van der Waals surface area contributed by atoms with Crippen molar-refractivity contribution in [3.05, 3.63) is 89.5 Å². The van der Waals surface area contributed by atoms with Crippen LogP contribution in [-0.2, 0) is 12.6 Å². The van der Waals surface area contributed by atoms with Gasteiger partial charge in [0.05, 0.1) is 16.8 Å². The summed E-state index contributed by atoms with van der Waals surface area (Å²) < 4.78 is 48.1. The Hall–Kier alpha value is -4.51. The number of halogens is 3. The lowest BCUT2D eigenvalue weighted by atomic mass is 10.1. The summed E-state index contributed by atoms with van der Waals surface area (Å²) in [6.45, 7) is 4.97. The minimum absolute atomic E-state index is 0.0296. The Kier molecular flexibility index (Phi) is 9.97. The van der Waals surface area contributed by atoms with Crippen molar-refractivity contribution in [2.45, 2.75) is 32.9 Å². The molecule has 8 nitrogen and oxygen atoms in total. The van der Waals surface area contributed by atoms with Crippen LogP contribution >= 0.6 is 0 Å². The van der Waals surface area contributed by atoms with E-state index in [9.17, 15) is 18.0 Å². The van der Waals surface area contributed by atoms with E-state index >= 15 is 0 Å². The minimum atomic E-state index is -4.62. The zero-order chi connectivity index (χ0) is 31.1. The SMILES string of the molecule is CCc1nccc(-c2cccnc2Oc2ccc(NC(=O)c3ccc(N(C)CCCN(C)C)c(C(F)(F)F)c3)cc2C)n1. The summed E-state index contributed by atoms with van der Waals surface area (Å²) in [4.78, 5) is 29.7. The molecule has 1 amide bonds. The zero-order valence-corrected chi connectivity index (χ0v) is 24.9. The van der Waals surface area contributed by atoms with Crippen LogP contribution in [0, 0.1) is 6.92 Å². The number of anilines is 2. The number of hydrogen-bond acceptors (Lipinski definition) is 7. The van der Waals surface area contributed by atoms with Gasteiger partial charge in [-0.05, 0) is 94.1 Å². The van der Waals surface area contributed by atoms with Crippen LogP contribution in [-0.4, -0.2) is 60.0 Å². The summed E-state index contributed by atoms with van der Waals surface area (Å²) in [6, 6.07) is 14.1. The molecule has 43 heavy (non-hydrogen) atoms. The number of aromatic nitrogens is 3. The van der Waals surface area contributed by atoms with Gasteiger partial charge in [-0.15, -0.1) is 0 Å². The number of aryl methyl sites for hydroxylation is 2. The molecule has 2 aromatic carbocycles. The Labute approximate surface area is 249 Å². The van der Waals surface area contributed by atoms with Crippen molar-refractivity contribution in [2.24, 2.45) is 0 Å². The molecule has 0 aliphatic carbocycles. The van der Waals surface area contributed by atoms with Gasteiger partial charge in [0, 0.05) is 49.3 Å². The predicted molar refractivity (Wildman–Crippen MR) is 162 cm³/mol. The first-order valence-corrected chi connectivity index (χ1v) is 13.9. The summed E-state index contributed by atoms with van der Waals surface area (Å²) in [5.41, 5.74) is 1.57. The molecule has 2 heterocycles. The van der Waals surface area contributed by atoms with Gasteiger partial charge in [-0.2, -0.15) is 13.2 Å². The quantitative estimate of drug-likeness (QED) is 0.204. The Morgan fingerprint density at radius 3 is 2.47 bits per heavy atom. The molecule has 4 rings (SSSR count). The monoisotopic (exact) mass is 592 g/mol. The van der Waals surface area contributed by atoms with Crippen molar-refractivity contribution in [3.8, 4) is 22.9 Å². The third-order valence-corrected chi connectivity index (χ3v) is 6.78. The average Bonchev–Trinajstić information content (AvgIpc) is 2.97. The van der Waals surface area contributed by atoms with Gasteiger partial charge in [0.1, 0.15) is 11.6 Å². The highest BCUT2D eigenvalue weighted by Crippen LogP contribution is 2.37. The molecule has 2 aromatic heterocycles. The molecule has 0 spiro atoms. The smallest absolute Gasteiger partial charge is 0.418 e. The van der Waals surface area contributed by atoms with Crippen LogP contribution in [0.5, 0.6) is 11.6 Å². The molecule has 11 heteroatoms. The summed E-state index contributed by atoms with van der Waals surface area (Å²) >= 11 is 0. The third-order valence-electron chi connectivity index (χ3n) is 6.78. The highest BCUT2D eigenvalue weighted by Gasteiger charge is 2.35. The second-order valence-electron chi connectivity index (χ2n) is 10.4. The lowest BCUT2D eigenvalue weighted by molar-refractivity contribution is -0.137. The topological polar surface area (TPSA) is 83.5 Å². The van der Waals surface area contributed by atoms with Gasteiger partial charge in [-0.25, -0.2) is 15.0 Å². The Balaban J connectivity index is 1.51. The number of nitrogens with zero attached hydrogens (tertiary/aromatic N) is 5. The predicted octanol–water partition coefficient (Wildman–Crippen LogP) is 6.86. The minimum Gasteiger partial charge on any atom is -0.438 e.